The summed E-state index contributed by atoms with van der Waals surface area (Å²) in [5.74, 6) is 0.523. The standard InChI is InChI=1S/C20H23N5O2/c1-13-12-24(2)11-9-15(13)23-20(27)25-17-8-4-3-6-14(17)19(26)22-16-7-5-10-21-18(16)25/h3-8,10,13,15H,9,11-12H2,1-2H3,(H,22,26)(H,23,27)/t13-,15-/m0/s1. The summed E-state index contributed by atoms with van der Waals surface area (Å²) in [6.07, 6.45) is 2.52. The van der Waals surface area contributed by atoms with E-state index >= 15 is 0 Å². The number of likely N-dealkylation sites (tertiary alicyclic amines) is 1. The van der Waals surface area contributed by atoms with Gasteiger partial charge in [-0.1, -0.05) is 19.1 Å². The molecule has 2 aliphatic rings. The third kappa shape index (κ3) is 3.26. The summed E-state index contributed by atoms with van der Waals surface area (Å²) in [7, 11) is 2.09. The average molecular weight is 365 g/mol. The number of benzene rings is 1. The molecule has 1 aromatic heterocycles. The van der Waals surface area contributed by atoms with Gasteiger partial charge in [0, 0.05) is 18.8 Å². The number of carbonyl (C=O) groups is 2. The second kappa shape index (κ2) is 7.00. The van der Waals surface area contributed by atoms with Gasteiger partial charge in [0.15, 0.2) is 5.82 Å². The molecule has 3 amide bonds. The van der Waals surface area contributed by atoms with Crippen LogP contribution in [0, 0.1) is 5.92 Å². The number of pyridine rings is 1. The molecule has 2 atom stereocenters. The van der Waals surface area contributed by atoms with Crippen molar-refractivity contribution in [2.24, 2.45) is 5.92 Å². The highest BCUT2D eigenvalue weighted by atomic mass is 16.2. The number of urea groups is 1. The van der Waals surface area contributed by atoms with Crippen molar-refractivity contribution < 1.29 is 9.59 Å². The number of nitrogens with zero attached hydrogens (tertiary/aromatic N) is 3. The van der Waals surface area contributed by atoms with Gasteiger partial charge in [-0.2, -0.15) is 0 Å². The minimum Gasteiger partial charge on any atom is -0.334 e. The lowest BCUT2D eigenvalue weighted by atomic mass is 9.94. The fourth-order valence-electron chi connectivity index (χ4n) is 3.83. The van der Waals surface area contributed by atoms with Crippen molar-refractivity contribution in [3.8, 4) is 0 Å². The van der Waals surface area contributed by atoms with Crippen molar-refractivity contribution in [1.82, 2.24) is 15.2 Å². The van der Waals surface area contributed by atoms with E-state index in [1.54, 1.807) is 36.5 Å². The predicted octanol–water partition coefficient (Wildman–Crippen LogP) is 2.84. The number of hydrogen-bond acceptors (Lipinski definition) is 4. The normalized spacial score (nSPS) is 22.3. The maximum Gasteiger partial charge on any atom is 0.328 e. The van der Waals surface area contributed by atoms with Gasteiger partial charge in [0.25, 0.3) is 5.91 Å². The van der Waals surface area contributed by atoms with Crippen LogP contribution in [0.25, 0.3) is 0 Å². The molecule has 3 heterocycles. The van der Waals surface area contributed by atoms with Crippen LogP contribution >= 0.6 is 0 Å². The molecule has 0 radical (unpaired) electrons. The molecule has 1 saturated heterocycles. The molecular formula is C20H23N5O2. The Morgan fingerprint density at radius 1 is 1.26 bits per heavy atom. The third-order valence-corrected chi connectivity index (χ3v) is 5.26. The highest BCUT2D eigenvalue weighted by Gasteiger charge is 2.33. The van der Waals surface area contributed by atoms with Crippen LogP contribution in [0.1, 0.15) is 23.7 Å². The van der Waals surface area contributed by atoms with Crippen molar-refractivity contribution in [3.05, 3.63) is 48.2 Å². The monoisotopic (exact) mass is 365 g/mol. The van der Waals surface area contributed by atoms with Crippen molar-refractivity contribution >= 4 is 29.1 Å². The van der Waals surface area contributed by atoms with Crippen LogP contribution in [0.5, 0.6) is 0 Å². The first-order chi connectivity index (χ1) is 13.0. The molecule has 7 heteroatoms. The summed E-state index contributed by atoms with van der Waals surface area (Å²) in [5, 5.41) is 6.02. The van der Waals surface area contributed by atoms with Crippen molar-refractivity contribution in [1.29, 1.82) is 0 Å². The first-order valence-electron chi connectivity index (χ1n) is 9.19. The van der Waals surface area contributed by atoms with E-state index in [9.17, 15) is 9.59 Å². The van der Waals surface area contributed by atoms with Crippen LogP contribution in [-0.4, -0.2) is 48.0 Å². The number of amides is 3. The molecule has 4 rings (SSSR count). The van der Waals surface area contributed by atoms with Crippen molar-refractivity contribution in [2.75, 3.05) is 30.4 Å². The quantitative estimate of drug-likeness (QED) is 0.815. The molecule has 2 aromatic rings. The number of fused-ring (bicyclic) bond motifs is 2. The first-order valence-corrected chi connectivity index (χ1v) is 9.19. The van der Waals surface area contributed by atoms with Gasteiger partial charge in [-0.3, -0.25) is 4.79 Å². The second-order valence-electron chi connectivity index (χ2n) is 7.27. The van der Waals surface area contributed by atoms with Gasteiger partial charge in [-0.25, -0.2) is 14.7 Å². The predicted molar refractivity (Wildman–Crippen MR) is 104 cm³/mol. The topological polar surface area (TPSA) is 77.6 Å². The smallest absolute Gasteiger partial charge is 0.328 e. The van der Waals surface area contributed by atoms with Crippen LogP contribution in [0.15, 0.2) is 42.6 Å². The highest BCUT2D eigenvalue weighted by molar-refractivity contribution is 6.16. The van der Waals surface area contributed by atoms with E-state index in [0.717, 1.165) is 19.5 Å². The van der Waals surface area contributed by atoms with Crippen molar-refractivity contribution in [3.63, 3.8) is 0 Å². The third-order valence-electron chi connectivity index (χ3n) is 5.26. The van der Waals surface area contributed by atoms with Gasteiger partial charge in [-0.05, 0) is 50.2 Å². The molecule has 1 fully saturated rings. The number of hydrogen-bond donors (Lipinski definition) is 2. The summed E-state index contributed by atoms with van der Waals surface area (Å²) in [6.45, 7) is 4.03. The Balaban J connectivity index is 1.71. The van der Waals surface area contributed by atoms with E-state index in [1.807, 2.05) is 6.07 Å². The first kappa shape index (κ1) is 17.5. The van der Waals surface area contributed by atoms with E-state index in [2.05, 4.69) is 34.5 Å². The summed E-state index contributed by atoms with van der Waals surface area (Å²) >= 11 is 0. The van der Waals surface area contributed by atoms with E-state index in [4.69, 9.17) is 0 Å². The summed E-state index contributed by atoms with van der Waals surface area (Å²) < 4.78 is 0. The van der Waals surface area contributed by atoms with Gasteiger partial charge in [0.1, 0.15) is 0 Å². The summed E-state index contributed by atoms with van der Waals surface area (Å²) in [4.78, 5) is 34.1. The van der Waals surface area contributed by atoms with E-state index in [1.165, 1.54) is 4.90 Å². The Labute approximate surface area is 158 Å². The van der Waals surface area contributed by atoms with Crippen LogP contribution in [0.4, 0.5) is 22.0 Å². The number of para-hydroxylation sites is 1. The number of piperidine rings is 1. The molecule has 140 valence electrons. The highest BCUT2D eigenvalue weighted by Crippen LogP contribution is 2.36. The molecule has 1 aromatic carbocycles. The number of anilines is 3. The van der Waals surface area contributed by atoms with Gasteiger partial charge >= 0.3 is 6.03 Å². The molecule has 2 aliphatic heterocycles. The SMILES string of the molecule is C[C@H]1CN(C)CC[C@@H]1NC(=O)N1c2ccccc2C(=O)Nc2cccnc21. The van der Waals surface area contributed by atoms with Crippen LogP contribution in [-0.2, 0) is 0 Å². The Kier molecular flexibility index (Phi) is 4.53. The Hall–Kier alpha value is -2.93. The average Bonchev–Trinajstić information content (AvgIpc) is 2.78. The fourth-order valence-corrected chi connectivity index (χ4v) is 3.83. The molecule has 0 saturated carbocycles. The van der Waals surface area contributed by atoms with E-state index in [0.29, 0.717) is 28.7 Å². The second-order valence-corrected chi connectivity index (χ2v) is 7.27. The Bertz CT molecular complexity index is 884. The zero-order chi connectivity index (χ0) is 19.0. The maximum atomic E-state index is 13.3. The molecule has 27 heavy (non-hydrogen) atoms. The van der Waals surface area contributed by atoms with Gasteiger partial charge in [0.05, 0.1) is 16.9 Å². The number of aromatic nitrogens is 1. The summed E-state index contributed by atoms with van der Waals surface area (Å²) in [6, 6.07) is 10.4. The zero-order valence-electron chi connectivity index (χ0n) is 15.5. The molecule has 0 unspecified atom stereocenters. The number of rotatable bonds is 1. The largest absolute Gasteiger partial charge is 0.334 e. The van der Waals surface area contributed by atoms with Gasteiger partial charge in [-0.15, -0.1) is 0 Å². The van der Waals surface area contributed by atoms with Crippen LogP contribution < -0.4 is 15.5 Å². The molecule has 7 nitrogen and oxygen atoms in total. The van der Waals surface area contributed by atoms with Crippen molar-refractivity contribution in [2.45, 2.75) is 19.4 Å². The lowest BCUT2D eigenvalue weighted by molar-refractivity contribution is 0.102. The molecule has 2 N–H and O–H groups in total. The number of carbonyl (C=O) groups excluding carboxylic acids is 2. The lowest BCUT2D eigenvalue weighted by Gasteiger charge is -2.36. The van der Waals surface area contributed by atoms with E-state index in [-0.39, 0.29) is 18.0 Å². The lowest BCUT2D eigenvalue weighted by Crippen LogP contribution is -2.51. The molecular weight excluding hydrogens is 342 g/mol. The van der Waals surface area contributed by atoms with Crippen LogP contribution in [0.2, 0.25) is 0 Å². The molecule has 0 spiro atoms. The Morgan fingerprint density at radius 3 is 2.89 bits per heavy atom. The Morgan fingerprint density at radius 2 is 2.07 bits per heavy atom. The maximum absolute atomic E-state index is 13.3. The minimum absolute atomic E-state index is 0.0833. The minimum atomic E-state index is -0.264. The molecule has 0 aliphatic carbocycles. The number of nitrogens with one attached hydrogen (secondary N) is 2. The van der Waals surface area contributed by atoms with Crippen LogP contribution in [0.3, 0.4) is 0 Å². The zero-order valence-corrected chi connectivity index (χ0v) is 15.5. The summed E-state index contributed by atoms with van der Waals surface area (Å²) in [5.41, 5.74) is 1.50. The molecule has 0 bridgehead atoms. The van der Waals surface area contributed by atoms with Gasteiger partial charge in [0.2, 0.25) is 0 Å². The van der Waals surface area contributed by atoms with E-state index < -0.39 is 0 Å². The fraction of sp³-hybridized carbons (Fsp3) is 0.350. The van der Waals surface area contributed by atoms with Gasteiger partial charge < -0.3 is 15.5 Å².